The SMILES string of the molecule is Nc1nc2cc(-c3cnn(C4CCOCC4)c3)cc(C(=O)N[C@H]3CCOC3)n2n1. The van der Waals surface area contributed by atoms with Gasteiger partial charge < -0.3 is 20.5 Å². The Bertz CT molecular complexity index is 1030. The second-order valence-corrected chi connectivity index (χ2v) is 7.46. The number of nitrogens with zero attached hydrogens (tertiary/aromatic N) is 5. The summed E-state index contributed by atoms with van der Waals surface area (Å²) in [5.41, 5.74) is 8.45. The molecule has 1 atom stereocenters. The Hall–Kier alpha value is -2.98. The highest BCUT2D eigenvalue weighted by molar-refractivity contribution is 5.95. The number of nitrogens with one attached hydrogen (secondary N) is 1. The van der Waals surface area contributed by atoms with Crippen molar-refractivity contribution in [2.75, 3.05) is 32.2 Å². The molecule has 3 aromatic heterocycles. The van der Waals surface area contributed by atoms with Crippen LogP contribution in [0.4, 0.5) is 5.95 Å². The van der Waals surface area contributed by atoms with Gasteiger partial charge in [-0.2, -0.15) is 10.1 Å². The lowest BCUT2D eigenvalue weighted by atomic mass is 10.1. The summed E-state index contributed by atoms with van der Waals surface area (Å²) < 4.78 is 14.2. The van der Waals surface area contributed by atoms with Crippen molar-refractivity contribution in [1.29, 1.82) is 0 Å². The largest absolute Gasteiger partial charge is 0.381 e. The lowest BCUT2D eigenvalue weighted by Gasteiger charge is -2.22. The number of carbonyl (C=O) groups is 1. The molecule has 0 radical (unpaired) electrons. The van der Waals surface area contributed by atoms with Gasteiger partial charge >= 0.3 is 0 Å². The minimum atomic E-state index is -0.228. The van der Waals surface area contributed by atoms with E-state index < -0.39 is 0 Å². The third-order valence-electron chi connectivity index (χ3n) is 5.45. The first-order valence-corrected chi connectivity index (χ1v) is 9.84. The van der Waals surface area contributed by atoms with Crippen LogP contribution in [0.2, 0.25) is 0 Å². The topological polar surface area (TPSA) is 122 Å². The number of anilines is 1. The molecule has 0 saturated carbocycles. The molecule has 2 fully saturated rings. The lowest BCUT2D eigenvalue weighted by molar-refractivity contribution is 0.0662. The summed E-state index contributed by atoms with van der Waals surface area (Å²) in [7, 11) is 0. The maximum Gasteiger partial charge on any atom is 0.270 e. The number of fused-ring (bicyclic) bond motifs is 1. The number of nitrogen functional groups attached to an aromatic ring is 1. The molecule has 3 N–H and O–H groups in total. The van der Waals surface area contributed by atoms with Crippen LogP contribution >= 0.6 is 0 Å². The molecule has 152 valence electrons. The Morgan fingerprint density at radius 1 is 1.14 bits per heavy atom. The maximum atomic E-state index is 12.9. The molecule has 3 aromatic rings. The zero-order valence-electron chi connectivity index (χ0n) is 16.0. The molecular formula is C19H23N7O3. The van der Waals surface area contributed by atoms with E-state index in [2.05, 4.69) is 20.5 Å². The van der Waals surface area contributed by atoms with Crippen LogP contribution in [0.3, 0.4) is 0 Å². The predicted molar refractivity (Wildman–Crippen MR) is 104 cm³/mol. The monoisotopic (exact) mass is 397 g/mol. The van der Waals surface area contributed by atoms with Crippen LogP contribution in [0, 0.1) is 0 Å². The summed E-state index contributed by atoms with van der Waals surface area (Å²) in [4.78, 5) is 17.2. The van der Waals surface area contributed by atoms with E-state index in [1.54, 1.807) is 6.07 Å². The lowest BCUT2D eigenvalue weighted by Crippen LogP contribution is -2.36. The minimum Gasteiger partial charge on any atom is -0.381 e. The number of hydrogen-bond acceptors (Lipinski definition) is 7. The van der Waals surface area contributed by atoms with Crippen LogP contribution in [0.15, 0.2) is 24.5 Å². The predicted octanol–water partition coefficient (Wildman–Crippen LogP) is 1.05. The third-order valence-corrected chi connectivity index (χ3v) is 5.45. The van der Waals surface area contributed by atoms with Crippen molar-refractivity contribution < 1.29 is 14.3 Å². The number of ether oxygens (including phenoxy) is 2. The van der Waals surface area contributed by atoms with Crippen LogP contribution < -0.4 is 11.1 Å². The molecule has 2 saturated heterocycles. The number of amides is 1. The molecule has 1 amide bonds. The molecule has 0 unspecified atom stereocenters. The van der Waals surface area contributed by atoms with Crippen molar-refractivity contribution in [3.05, 3.63) is 30.2 Å². The average Bonchev–Trinajstić information content (AvgIpc) is 3.48. The second-order valence-electron chi connectivity index (χ2n) is 7.46. The number of pyridine rings is 1. The van der Waals surface area contributed by atoms with E-state index >= 15 is 0 Å². The Morgan fingerprint density at radius 2 is 1.97 bits per heavy atom. The zero-order valence-corrected chi connectivity index (χ0v) is 16.0. The maximum absolute atomic E-state index is 12.9. The molecule has 0 aliphatic carbocycles. The van der Waals surface area contributed by atoms with Crippen LogP contribution in [0.5, 0.6) is 0 Å². The Kier molecular flexibility index (Phi) is 4.64. The summed E-state index contributed by atoms with van der Waals surface area (Å²) in [5, 5.41) is 11.7. The van der Waals surface area contributed by atoms with Gasteiger partial charge in [-0.05, 0) is 37.0 Å². The third kappa shape index (κ3) is 3.56. The van der Waals surface area contributed by atoms with Crippen LogP contribution in [-0.4, -0.2) is 62.8 Å². The Morgan fingerprint density at radius 3 is 2.76 bits per heavy atom. The fourth-order valence-electron chi connectivity index (χ4n) is 3.87. The molecule has 5 rings (SSSR count). The fourth-order valence-corrected chi connectivity index (χ4v) is 3.87. The van der Waals surface area contributed by atoms with Crippen molar-refractivity contribution in [2.45, 2.75) is 31.3 Å². The van der Waals surface area contributed by atoms with Gasteiger partial charge in [-0.15, -0.1) is 5.10 Å². The Balaban J connectivity index is 1.49. The van der Waals surface area contributed by atoms with E-state index in [9.17, 15) is 4.79 Å². The number of rotatable bonds is 4. The Labute approximate surface area is 167 Å². The summed E-state index contributed by atoms with van der Waals surface area (Å²) >= 11 is 0. The van der Waals surface area contributed by atoms with Crippen LogP contribution in [-0.2, 0) is 9.47 Å². The van der Waals surface area contributed by atoms with E-state index in [1.165, 1.54) is 4.52 Å². The molecule has 10 nitrogen and oxygen atoms in total. The average molecular weight is 397 g/mol. The highest BCUT2D eigenvalue weighted by Crippen LogP contribution is 2.26. The second kappa shape index (κ2) is 7.45. The van der Waals surface area contributed by atoms with E-state index in [0.29, 0.717) is 30.6 Å². The number of carbonyl (C=O) groups excluding carboxylic acids is 1. The van der Waals surface area contributed by atoms with Gasteiger partial charge in [0.25, 0.3) is 5.91 Å². The fraction of sp³-hybridized carbons (Fsp3) is 0.474. The van der Waals surface area contributed by atoms with Crippen molar-refractivity contribution in [3.63, 3.8) is 0 Å². The molecule has 2 aliphatic rings. The van der Waals surface area contributed by atoms with Gasteiger partial charge in [0.2, 0.25) is 5.95 Å². The van der Waals surface area contributed by atoms with E-state index in [4.69, 9.17) is 15.2 Å². The van der Waals surface area contributed by atoms with Crippen LogP contribution in [0.25, 0.3) is 16.8 Å². The molecule has 0 spiro atoms. The number of hydrogen-bond donors (Lipinski definition) is 2. The highest BCUT2D eigenvalue weighted by atomic mass is 16.5. The van der Waals surface area contributed by atoms with Gasteiger partial charge in [0.15, 0.2) is 5.65 Å². The first-order valence-electron chi connectivity index (χ1n) is 9.84. The molecule has 10 heteroatoms. The number of nitrogens with two attached hydrogens (primary N) is 1. The van der Waals surface area contributed by atoms with Gasteiger partial charge in [-0.25, -0.2) is 4.52 Å². The standard InChI is InChI=1S/C19H23N7O3/c20-19-23-17-8-12(13-9-21-25(10-13)15-2-5-28-6-3-15)7-16(26(17)24-19)18(27)22-14-1-4-29-11-14/h7-10,14-15H,1-6,11H2,(H2,20,24)(H,22,27)/t14-/m0/s1. The van der Waals surface area contributed by atoms with Crippen molar-refractivity contribution in [2.24, 2.45) is 0 Å². The van der Waals surface area contributed by atoms with Gasteiger partial charge in [-0.3, -0.25) is 9.48 Å². The van der Waals surface area contributed by atoms with Gasteiger partial charge in [0.1, 0.15) is 5.69 Å². The zero-order chi connectivity index (χ0) is 19.8. The molecule has 2 aliphatic heterocycles. The molecule has 29 heavy (non-hydrogen) atoms. The van der Waals surface area contributed by atoms with Crippen molar-refractivity contribution >= 4 is 17.5 Å². The number of aromatic nitrogens is 5. The van der Waals surface area contributed by atoms with Gasteiger partial charge in [0.05, 0.1) is 24.9 Å². The first-order chi connectivity index (χ1) is 14.2. The van der Waals surface area contributed by atoms with Crippen molar-refractivity contribution in [1.82, 2.24) is 29.7 Å². The first kappa shape index (κ1) is 18.1. The van der Waals surface area contributed by atoms with E-state index in [1.807, 2.05) is 23.1 Å². The quantitative estimate of drug-likeness (QED) is 0.675. The highest BCUT2D eigenvalue weighted by Gasteiger charge is 2.22. The molecular weight excluding hydrogens is 374 g/mol. The van der Waals surface area contributed by atoms with Crippen molar-refractivity contribution in [3.8, 4) is 11.1 Å². The normalized spacial score (nSPS) is 20.3. The van der Waals surface area contributed by atoms with Gasteiger partial charge in [0, 0.05) is 31.6 Å². The van der Waals surface area contributed by atoms with Gasteiger partial charge in [-0.1, -0.05) is 0 Å². The van der Waals surface area contributed by atoms with Crippen LogP contribution in [0.1, 0.15) is 35.8 Å². The smallest absolute Gasteiger partial charge is 0.270 e. The molecule has 0 bridgehead atoms. The summed E-state index contributed by atoms with van der Waals surface area (Å²) in [6.07, 6.45) is 6.50. The summed E-state index contributed by atoms with van der Waals surface area (Å²) in [6, 6.07) is 4.00. The molecule has 5 heterocycles. The van der Waals surface area contributed by atoms with E-state index in [0.717, 1.165) is 43.6 Å². The molecule has 0 aromatic carbocycles. The minimum absolute atomic E-state index is 0.00153. The van der Waals surface area contributed by atoms with E-state index in [-0.39, 0.29) is 17.9 Å². The summed E-state index contributed by atoms with van der Waals surface area (Å²) in [5.74, 6) is -0.104. The summed E-state index contributed by atoms with van der Waals surface area (Å²) in [6.45, 7) is 2.67.